The normalized spacial score (nSPS) is 21.8. The Hall–Kier alpha value is -3.40. The number of hydrogen-bond acceptors (Lipinski definition) is 3. The second-order valence-corrected chi connectivity index (χ2v) is 10.7. The number of fused-ring (bicyclic) bond motifs is 14. The molecule has 1 fully saturated rings. The van der Waals surface area contributed by atoms with Crippen LogP contribution in [0.1, 0.15) is 47.9 Å². The van der Waals surface area contributed by atoms with Gasteiger partial charge in [-0.25, -0.2) is 0 Å². The van der Waals surface area contributed by atoms with E-state index in [0.29, 0.717) is 0 Å². The summed E-state index contributed by atoms with van der Waals surface area (Å²) in [7, 11) is 3.56. The average Bonchev–Trinajstić information content (AvgIpc) is 3.31. The molecule has 172 valence electrons. The average molecular weight is 459 g/mol. The van der Waals surface area contributed by atoms with Crippen LogP contribution in [-0.2, 0) is 14.9 Å². The van der Waals surface area contributed by atoms with Crippen molar-refractivity contribution in [3.05, 3.63) is 95.1 Å². The Balaban J connectivity index is 1.53. The summed E-state index contributed by atoms with van der Waals surface area (Å²) in [4.78, 5) is 0. The zero-order chi connectivity index (χ0) is 23.7. The minimum Gasteiger partial charge on any atom is -0.456 e. The molecule has 0 radical (unpaired) electrons. The van der Waals surface area contributed by atoms with Gasteiger partial charge in [0.05, 0.1) is 11.8 Å². The second kappa shape index (κ2) is 6.23. The number of hydrogen-bond donors (Lipinski definition) is 0. The van der Waals surface area contributed by atoms with Gasteiger partial charge in [-0.05, 0) is 44.7 Å². The van der Waals surface area contributed by atoms with E-state index in [1.165, 1.54) is 55.1 Å². The smallest absolute Gasteiger partial charge is 0.182 e. The molecule has 0 saturated heterocycles. The Labute approximate surface area is 204 Å². The Morgan fingerprint density at radius 1 is 0.686 bits per heavy atom. The highest BCUT2D eigenvalue weighted by Gasteiger charge is 2.71. The van der Waals surface area contributed by atoms with E-state index >= 15 is 0 Å². The molecule has 2 unspecified atom stereocenters. The zero-order valence-corrected chi connectivity index (χ0v) is 20.3. The molecule has 0 bridgehead atoms. The molecule has 0 aliphatic heterocycles. The molecule has 3 heteroatoms. The van der Waals surface area contributed by atoms with Gasteiger partial charge in [0.1, 0.15) is 11.3 Å². The largest absolute Gasteiger partial charge is 0.456 e. The molecule has 1 saturated carbocycles. The van der Waals surface area contributed by atoms with Gasteiger partial charge in [0.2, 0.25) is 0 Å². The number of furan rings is 1. The first-order valence-corrected chi connectivity index (χ1v) is 12.3. The van der Waals surface area contributed by atoms with E-state index in [0.717, 1.165) is 11.3 Å². The highest BCUT2D eigenvalue weighted by molar-refractivity contribution is 6.06. The summed E-state index contributed by atoms with van der Waals surface area (Å²) in [6.07, 6.45) is 0. The van der Waals surface area contributed by atoms with E-state index in [-0.39, 0.29) is 17.3 Å². The molecule has 8 rings (SSSR count). The summed E-state index contributed by atoms with van der Waals surface area (Å²) in [5.41, 5.74) is 9.92. The fraction of sp³-hybridized carbons (Fsp3) is 0.250. The van der Waals surface area contributed by atoms with Crippen molar-refractivity contribution >= 4 is 21.7 Å². The summed E-state index contributed by atoms with van der Waals surface area (Å²) in [5, 5.41) is 3.75. The van der Waals surface area contributed by atoms with Crippen LogP contribution in [0.15, 0.2) is 77.2 Å². The third-order valence-electron chi connectivity index (χ3n) is 8.94. The fourth-order valence-electron chi connectivity index (χ4n) is 7.52. The van der Waals surface area contributed by atoms with Crippen LogP contribution in [0.25, 0.3) is 44.2 Å². The van der Waals surface area contributed by atoms with Crippen LogP contribution in [0, 0.1) is 0 Å². The van der Waals surface area contributed by atoms with Crippen molar-refractivity contribution in [2.45, 2.75) is 36.9 Å². The van der Waals surface area contributed by atoms with Crippen LogP contribution in [-0.4, -0.2) is 20.0 Å². The van der Waals surface area contributed by atoms with Gasteiger partial charge in [0.25, 0.3) is 0 Å². The lowest BCUT2D eigenvalue weighted by Gasteiger charge is -2.29. The molecule has 1 heterocycles. The molecule has 5 aromatic rings. The quantitative estimate of drug-likeness (QED) is 0.254. The first-order valence-electron chi connectivity index (χ1n) is 12.3. The molecule has 35 heavy (non-hydrogen) atoms. The lowest BCUT2D eigenvalue weighted by atomic mass is 9.73. The lowest BCUT2D eigenvalue weighted by Crippen LogP contribution is -2.19. The Morgan fingerprint density at radius 3 is 2.11 bits per heavy atom. The van der Waals surface area contributed by atoms with Crippen LogP contribution in [0.4, 0.5) is 0 Å². The van der Waals surface area contributed by atoms with E-state index in [2.05, 4.69) is 80.6 Å². The molecular weight excluding hydrogens is 432 g/mol. The van der Waals surface area contributed by atoms with Gasteiger partial charge in [-0.15, -0.1) is 0 Å². The third kappa shape index (κ3) is 2.12. The van der Waals surface area contributed by atoms with Crippen molar-refractivity contribution in [1.29, 1.82) is 0 Å². The van der Waals surface area contributed by atoms with E-state index in [1.807, 2.05) is 6.07 Å². The van der Waals surface area contributed by atoms with Crippen molar-refractivity contribution in [2.24, 2.45) is 0 Å². The second-order valence-electron chi connectivity index (χ2n) is 10.7. The molecular formula is C32H26O3. The highest BCUT2D eigenvalue weighted by Crippen LogP contribution is 2.73. The zero-order valence-electron chi connectivity index (χ0n) is 20.3. The van der Waals surface area contributed by atoms with Gasteiger partial charge in [0, 0.05) is 36.1 Å². The Bertz CT molecular complexity index is 1720. The Kier molecular flexibility index (Phi) is 3.53. The standard InChI is InChI=1S/C32H26O3/c1-31(2)26-22(30-29(31)19-11-7-8-12-23(19)35-30)16-15-21-25(26)24-18-10-6-5-9-17(18)13-14-20(24)27-28(21)32(27,33-3)34-4/h5-16,27-28H,1-4H3. The number of ether oxygens (including phenoxy) is 2. The summed E-state index contributed by atoms with van der Waals surface area (Å²) in [6.45, 7) is 4.70. The molecule has 3 nitrogen and oxygen atoms in total. The van der Waals surface area contributed by atoms with Crippen LogP contribution < -0.4 is 0 Å². The number of rotatable bonds is 2. The predicted octanol–water partition coefficient (Wildman–Crippen LogP) is 7.74. The molecule has 0 N–H and O–H groups in total. The number of methoxy groups -OCH3 is 2. The first-order chi connectivity index (χ1) is 17.0. The van der Waals surface area contributed by atoms with Crippen molar-refractivity contribution in [3.63, 3.8) is 0 Å². The predicted molar refractivity (Wildman–Crippen MR) is 139 cm³/mol. The van der Waals surface area contributed by atoms with E-state index < -0.39 is 5.79 Å². The lowest BCUT2D eigenvalue weighted by molar-refractivity contribution is -0.136. The van der Waals surface area contributed by atoms with Crippen molar-refractivity contribution in [1.82, 2.24) is 0 Å². The van der Waals surface area contributed by atoms with Crippen LogP contribution >= 0.6 is 0 Å². The molecule has 0 amide bonds. The maximum absolute atomic E-state index is 6.51. The van der Waals surface area contributed by atoms with Crippen LogP contribution in [0.3, 0.4) is 0 Å². The van der Waals surface area contributed by atoms with E-state index in [1.54, 1.807) is 14.2 Å². The van der Waals surface area contributed by atoms with Crippen LogP contribution in [0.2, 0.25) is 0 Å². The topological polar surface area (TPSA) is 31.6 Å². The van der Waals surface area contributed by atoms with Crippen molar-refractivity contribution in [2.75, 3.05) is 14.2 Å². The summed E-state index contributed by atoms with van der Waals surface area (Å²) >= 11 is 0. The molecule has 2 atom stereocenters. The van der Waals surface area contributed by atoms with Crippen molar-refractivity contribution in [3.8, 4) is 22.5 Å². The summed E-state index contributed by atoms with van der Waals surface area (Å²) < 4.78 is 18.7. The number of benzene rings is 4. The fourth-order valence-corrected chi connectivity index (χ4v) is 7.52. The van der Waals surface area contributed by atoms with Gasteiger partial charge >= 0.3 is 0 Å². The maximum atomic E-state index is 6.51. The third-order valence-corrected chi connectivity index (χ3v) is 8.94. The van der Waals surface area contributed by atoms with Gasteiger partial charge in [-0.3, -0.25) is 0 Å². The SMILES string of the molecule is COC1(OC)C2c3ccc4c(c3-c3c(ccc5ccccc35)C21)C(C)(C)c1c-4oc2ccccc12. The minimum atomic E-state index is -0.626. The van der Waals surface area contributed by atoms with E-state index in [9.17, 15) is 0 Å². The monoisotopic (exact) mass is 458 g/mol. The van der Waals surface area contributed by atoms with E-state index in [4.69, 9.17) is 13.9 Å². The molecule has 1 aromatic heterocycles. The molecule has 4 aromatic carbocycles. The van der Waals surface area contributed by atoms with Gasteiger partial charge < -0.3 is 13.9 Å². The van der Waals surface area contributed by atoms with Gasteiger partial charge in [0.15, 0.2) is 5.79 Å². The first kappa shape index (κ1) is 19.9. The summed E-state index contributed by atoms with van der Waals surface area (Å²) in [5.74, 6) is 0.743. The Morgan fingerprint density at radius 2 is 1.34 bits per heavy atom. The molecule has 3 aliphatic rings. The molecule has 3 aliphatic carbocycles. The highest BCUT2D eigenvalue weighted by atomic mass is 16.7. The van der Waals surface area contributed by atoms with Gasteiger partial charge in [-0.2, -0.15) is 0 Å². The molecule has 0 spiro atoms. The minimum absolute atomic E-state index is 0.172. The number of para-hydroxylation sites is 1. The van der Waals surface area contributed by atoms with Crippen molar-refractivity contribution < 1.29 is 13.9 Å². The summed E-state index contributed by atoms with van der Waals surface area (Å²) in [6, 6.07) is 26.3. The maximum Gasteiger partial charge on any atom is 0.182 e. The van der Waals surface area contributed by atoms with Crippen LogP contribution in [0.5, 0.6) is 0 Å². The van der Waals surface area contributed by atoms with Gasteiger partial charge in [-0.1, -0.05) is 80.6 Å².